The highest BCUT2D eigenvalue weighted by Crippen LogP contribution is 2.33. The average molecular weight is 430 g/mol. The van der Waals surface area contributed by atoms with E-state index in [1.807, 2.05) is 24.5 Å². The third kappa shape index (κ3) is 3.86. The Hall–Kier alpha value is -3.61. The van der Waals surface area contributed by atoms with Crippen LogP contribution in [0.5, 0.6) is 0 Å². The van der Waals surface area contributed by atoms with Crippen LogP contribution in [-0.4, -0.2) is 34.3 Å². The molecule has 4 aromatic rings. The van der Waals surface area contributed by atoms with Crippen molar-refractivity contribution < 1.29 is 13.6 Å². The van der Waals surface area contributed by atoms with E-state index in [2.05, 4.69) is 32.8 Å². The molecule has 1 aliphatic rings. The highest BCUT2D eigenvalue weighted by molar-refractivity contribution is 5.79. The van der Waals surface area contributed by atoms with Crippen molar-refractivity contribution >= 4 is 23.3 Å². The number of nitrogens with zero attached hydrogens (tertiary/aromatic N) is 4. The molecule has 2 aromatic carbocycles. The fraction of sp³-hybridized carbons (Fsp3) is 0.280. The maximum Gasteiger partial charge on any atom is 0.230 e. The Bertz CT molecular complexity index is 1260. The number of hydrogen-bond donors (Lipinski definition) is 0. The second kappa shape index (κ2) is 8.49. The molecular weight excluding hydrogens is 407 g/mol. The lowest BCUT2D eigenvalue weighted by Gasteiger charge is -2.32. The Balaban J connectivity index is 1.32. The van der Waals surface area contributed by atoms with Crippen LogP contribution >= 0.6 is 0 Å². The van der Waals surface area contributed by atoms with Gasteiger partial charge in [0.2, 0.25) is 11.8 Å². The number of oxazole rings is 1. The zero-order valence-corrected chi connectivity index (χ0v) is 17.8. The molecule has 32 heavy (non-hydrogen) atoms. The maximum atomic E-state index is 14.4. The summed E-state index contributed by atoms with van der Waals surface area (Å²) >= 11 is 0. The average Bonchev–Trinajstić information content (AvgIpc) is 3.27. The van der Waals surface area contributed by atoms with Crippen LogP contribution in [0, 0.1) is 5.82 Å². The number of hydrogen-bond acceptors (Lipinski definition) is 6. The number of fused-ring (bicyclic) bond motifs is 1. The van der Waals surface area contributed by atoms with Crippen molar-refractivity contribution in [1.82, 2.24) is 15.0 Å². The fourth-order valence-corrected chi connectivity index (χ4v) is 4.20. The fourth-order valence-electron chi connectivity index (χ4n) is 4.20. The molecule has 0 bridgehead atoms. The molecule has 6 nitrogen and oxygen atoms in total. The summed E-state index contributed by atoms with van der Waals surface area (Å²) in [5, 5.41) is 0. The van der Waals surface area contributed by atoms with Gasteiger partial charge >= 0.3 is 0 Å². The van der Waals surface area contributed by atoms with Crippen LogP contribution in [0.15, 0.2) is 53.2 Å². The van der Waals surface area contributed by atoms with Gasteiger partial charge in [0.05, 0.1) is 5.56 Å². The van der Waals surface area contributed by atoms with Gasteiger partial charge in [0.1, 0.15) is 17.6 Å². The van der Waals surface area contributed by atoms with Gasteiger partial charge in [-0.15, -0.1) is 0 Å². The summed E-state index contributed by atoms with van der Waals surface area (Å²) in [5.41, 5.74) is 4.19. The molecule has 0 aliphatic carbocycles. The van der Waals surface area contributed by atoms with E-state index in [-0.39, 0.29) is 17.0 Å². The normalized spacial score (nSPS) is 14.8. The molecule has 0 amide bonds. The van der Waals surface area contributed by atoms with Gasteiger partial charge < -0.3 is 9.32 Å². The molecule has 0 atom stereocenters. The Labute approximate surface area is 185 Å². The first-order valence-electron chi connectivity index (χ1n) is 10.9. The van der Waals surface area contributed by atoms with Gasteiger partial charge in [-0.3, -0.25) is 4.79 Å². The van der Waals surface area contributed by atoms with Crippen LogP contribution in [0.1, 0.15) is 47.2 Å². The van der Waals surface area contributed by atoms with E-state index in [1.54, 1.807) is 6.07 Å². The molecule has 162 valence electrons. The molecule has 1 aliphatic heterocycles. The summed E-state index contributed by atoms with van der Waals surface area (Å²) in [6.07, 6.45) is 7.35. The quantitative estimate of drug-likeness (QED) is 0.406. The molecule has 5 rings (SSSR count). The number of halogens is 1. The number of carbonyl (C=O) groups is 1. The number of aldehydes is 1. The predicted octanol–water partition coefficient (Wildman–Crippen LogP) is 5.18. The minimum absolute atomic E-state index is 0.217. The highest BCUT2D eigenvalue weighted by Gasteiger charge is 2.23. The molecule has 1 saturated heterocycles. The third-order valence-electron chi connectivity index (χ3n) is 6.12. The number of aromatic nitrogens is 3. The molecule has 0 saturated carbocycles. The van der Waals surface area contributed by atoms with Crippen LogP contribution in [0.25, 0.3) is 22.6 Å². The second-order valence-electron chi connectivity index (χ2n) is 8.11. The molecule has 0 unspecified atom stereocenters. The molecule has 3 heterocycles. The van der Waals surface area contributed by atoms with E-state index in [9.17, 15) is 9.18 Å². The Kier molecular flexibility index (Phi) is 5.39. The van der Waals surface area contributed by atoms with Crippen molar-refractivity contribution in [2.24, 2.45) is 0 Å². The van der Waals surface area contributed by atoms with Crippen molar-refractivity contribution in [3.63, 3.8) is 0 Å². The largest absolute Gasteiger partial charge is 0.436 e. The zero-order valence-electron chi connectivity index (χ0n) is 17.8. The first-order valence-corrected chi connectivity index (χ1v) is 10.9. The number of rotatable bonds is 5. The number of carbonyl (C=O) groups excluding carboxylic acids is 1. The highest BCUT2D eigenvalue weighted by atomic mass is 19.1. The monoisotopic (exact) mass is 430 g/mol. The van der Waals surface area contributed by atoms with E-state index in [4.69, 9.17) is 4.42 Å². The molecule has 0 spiro atoms. The summed E-state index contributed by atoms with van der Waals surface area (Å²) in [7, 11) is 0. The number of anilines is 1. The van der Waals surface area contributed by atoms with Gasteiger partial charge in [-0.25, -0.2) is 19.3 Å². The van der Waals surface area contributed by atoms with Gasteiger partial charge in [-0.2, -0.15) is 0 Å². The van der Waals surface area contributed by atoms with E-state index >= 15 is 0 Å². The van der Waals surface area contributed by atoms with E-state index in [0.29, 0.717) is 23.3 Å². The van der Waals surface area contributed by atoms with Crippen LogP contribution < -0.4 is 4.90 Å². The molecule has 7 heteroatoms. The van der Waals surface area contributed by atoms with Crippen molar-refractivity contribution in [2.75, 3.05) is 18.0 Å². The van der Waals surface area contributed by atoms with E-state index < -0.39 is 5.82 Å². The van der Waals surface area contributed by atoms with Crippen molar-refractivity contribution in [3.05, 3.63) is 71.3 Å². The maximum absolute atomic E-state index is 14.4. The van der Waals surface area contributed by atoms with E-state index in [1.165, 1.54) is 17.7 Å². The Morgan fingerprint density at radius 1 is 1.12 bits per heavy atom. The number of piperidine rings is 1. The van der Waals surface area contributed by atoms with Crippen molar-refractivity contribution in [3.8, 4) is 11.5 Å². The summed E-state index contributed by atoms with van der Waals surface area (Å²) in [6.45, 7) is 3.89. The minimum Gasteiger partial charge on any atom is -0.436 e. The van der Waals surface area contributed by atoms with Gasteiger partial charge in [-0.05, 0) is 60.6 Å². The summed E-state index contributed by atoms with van der Waals surface area (Å²) in [5.74, 6) is 0.895. The Morgan fingerprint density at radius 2 is 1.91 bits per heavy atom. The van der Waals surface area contributed by atoms with Gasteiger partial charge in [0.25, 0.3) is 0 Å². The van der Waals surface area contributed by atoms with Crippen molar-refractivity contribution in [2.45, 2.75) is 32.1 Å². The van der Waals surface area contributed by atoms with Crippen molar-refractivity contribution in [1.29, 1.82) is 0 Å². The van der Waals surface area contributed by atoms with E-state index in [0.717, 1.165) is 43.9 Å². The van der Waals surface area contributed by atoms with Crippen LogP contribution in [0.2, 0.25) is 0 Å². The molecular formula is C25H23FN4O2. The predicted molar refractivity (Wildman–Crippen MR) is 120 cm³/mol. The summed E-state index contributed by atoms with van der Waals surface area (Å²) < 4.78 is 20.1. The van der Waals surface area contributed by atoms with Crippen LogP contribution in [-0.2, 0) is 6.42 Å². The first-order chi connectivity index (χ1) is 15.6. The molecule has 2 aromatic heterocycles. The zero-order chi connectivity index (χ0) is 22.1. The third-order valence-corrected chi connectivity index (χ3v) is 6.12. The lowest BCUT2D eigenvalue weighted by molar-refractivity contribution is 0.112. The van der Waals surface area contributed by atoms with Gasteiger partial charge in [-0.1, -0.05) is 19.1 Å². The first kappa shape index (κ1) is 20.3. The Morgan fingerprint density at radius 3 is 2.59 bits per heavy atom. The second-order valence-corrected chi connectivity index (χ2v) is 8.11. The lowest BCUT2D eigenvalue weighted by Crippen LogP contribution is -2.34. The number of aryl methyl sites for hydroxylation is 1. The summed E-state index contributed by atoms with van der Waals surface area (Å²) in [4.78, 5) is 26.6. The van der Waals surface area contributed by atoms with Gasteiger partial charge in [0, 0.05) is 31.0 Å². The minimum atomic E-state index is -0.525. The van der Waals surface area contributed by atoms with Crippen LogP contribution in [0.3, 0.4) is 0 Å². The molecule has 0 radical (unpaired) electrons. The topological polar surface area (TPSA) is 72.1 Å². The SMILES string of the molecule is CCc1cnc(N2CCC(c3ccc4oc(-c5ccc(C=O)cc5F)nc4c3)CC2)nc1. The molecule has 1 fully saturated rings. The smallest absolute Gasteiger partial charge is 0.230 e. The van der Waals surface area contributed by atoms with Crippen LogP contribution in [0.4, 0.5) is 10.3 Å². The standard InChI is InChI=1S/C25H23FN4O2/c1-2-16-13-27-25(28-14-16)30-9-7-18(8-10-30)19-4-6-23-22(12-19)29-24(32-23)20-5-3-17(15-31)11-21(20)26/h3-6,11-15,18H,2,7-10H2,1H3. The molecule has 0 N–H and O–H groups in total. The lowest BCUT2D eigenvalue weighted by atomic mass is 9.89. The van der Waals surface area contributed by atoms with Gasteiger partial charge in [0.15, 0.2) is 5.58 Å². The summed E-state index contributed by atoms with van der Waals surface area (Å²) in [6, 6.07) is 10.3. The number of benzene rings is 2.